The third-order valence-corrected chi connectivity index (χ3v) is 4.15. The third kappa shape index (κ3) is 5.00. The van der Waals surface area contributed by atoms with E-state index in [1.807, 2.05) is 13.1 Å². The van der Waals surface area contributed by atoms with Crippen LogP contribution in [0.25, 0.3) is 0 Å². The first kappa shape index (κ1) is 16.3. The summed E-state index contributed by atoms with van der Waals surface area (Å²) in [5.74, 6) is 0.956. The molecule has 0 saturated carbocycles. The van der Waals surface area contributed by atoms with Crippen LogP contribution in [0.1, 0.15) is 30.5 Å². The summed E-state index contributed by atoms with van der Waals surface area (Å²) in [6, 6.07) is 17.4. The maximum Gasteiger partial charge on any atom is 0.119 e. The van der Waals surface area contributed by atoms with E-state index in [0.29, 0.717) is 6.04 Å². The SMILES string of the molecule is CCCOc1cccc(C(Cc2ccc(I)cc2)NC)c1. The molecule has 0 saturated heterocycles. The largest absolute Gasteiger partial charge is 0.494 e. The Kier molecular flexibility index (Phi) is 6.51. The van der Waals surface area contributed by atoms with E-state index in [9.17, 15) is 0 Å². The first-order chi connectivity index (χ1) is 10.2. The van der Waals surface area contributed by atoms with E-state index in [1.54, 1.807) is 0 Å². The molecule has 1 N–H and O–H groups in total. The van der Waals surface area contributed by atoms with E-state index in [0.717, 1.165) is 25.2 Å². The fraction of sp³-hybridized carbons (Fsp3) is 0.333. The minimum absolute atomic E-state index is 0.301. The standard InChI is InChI=1S/C18H22INO/c1-3-11-21-17-6-4-5-15(13-17)18(20-2)12-14-7-9-16(19)10-8-14/h4-10,13,18,20H,3,11-12H2,1-2H3. The molecule has 0 aromatic heterocycles. The van der Waals surface area contributed by atoms with Crippen molar-refractivity contribution in [2.45, 2.75) is 25.8 Å². The second-order valence-corrected chi connectivity index (χ2v) is 6.34. The quantitative estimate of drug-likeness (QED) is 0.693. The van der Waals surface area contributed by atoms with Crippen molar-refractivity contribution in [1.82, 2.24) is 5.32 Å². The zero-order chi connectivity index (χ0) is 15.1. The van der Waals surface area contributed by atoms with Gasteiger partial charge in [-0.1, -0.05) is 31.2 Å². The van der Waals surface area contributed by atoms with Crippen molar-refractivity contribution >= 4 is 22.6 Å². The minimum Gasteiger partial charge on any atom is -0.494 e. The van der Waals surface area contributed by atoms with Crippen LogP contribution in [-0.2, 0) is 6.42 Å². The molecule has 2 aromatic rings. The Morgan fingerprint density at radius 3 is 2.57 bits per heavy atom. The predicted octanol–water partition coefficient (Wildman–Crippen LogP) is 4.58. The van der Waals surface area contributed by atoms with Crippen LogP contribution in [0.3, 0.4) is 0 Å². The van der Waals surface area contributed by atoms with Gasteiger partial charge >= 0.3 is 0 Å². The van der Waals surface area contributed by atoms with Gasteiger partial charge in [-0.15, -0.1) is 0 Å². The Labute approximate surface area is 141 Å². The Hall–Kier alpha value is -1.07. The summed E-state index contributed by atoms with van der Waals surface area (Å²) in [5.41, 5.74) is 2.61. The summed E-state index contributed by atoms with van der Waals surface area (Å²) in [5, 5.41) is 3.41. The molecule has 112 valence electrons. The van der Waals surface area contributed by atoms with E-state index in [2.05, 4.69) is 77.3 Å². The Bertz CT molecular complexity index is 553. The molecule has 21 heavy (non-hydrogen) atoms. The molecule has 2 rings (SSSR count). The molecule has 0 fully saturated rings. The molecular formula is C18H22INO. The average molecular weight is 395 g/mol. The summed E-state index contributed by atoms with van der Waals surface area (Å²) in [6.45, 7) is 2.89. The van der Waals surface area contributed by atoms with Crippen molar-refractivity contribution in [3.63, 3.8) is 0 Å². The highest BCUT2D eigenvalue weighted by Crippen LogP contribution is 2.23. The number of hydrogen-bond donors (Lipinski definition) is 1. The van der Waals surface area contributed by atoms with Crippen LogP contribution >= 0.6 is 22.6 Å². The lowest BCUT2D eigenvalue weighted by atomic mass is 9.99. The number of benzene rings is 2. The summed E-state index contributed by atoms with van der Waals surface area (Å²) in [6.07, 6.45) is 2.01. The van der Waals surface area contributed by atoms with Crippen LogP contribution in [0.4, 0.5) is 0 Å². The lowest BCUT2D eigenvalue weighted by Gasteiger charge is -2.18. The molecule has 0 spiro atoms. The molecule has 2 nitrogen and oxygen atoms in total. The van der Waals surface area contributed by atoms with Gasteiger partial charge < -0.3 is 10.1 Å². The molecule has 0 amide bonds. The highest BCUT2D eigenvalue weighted by Gasteiger charge is 2.11. The number of nitrogens with one attached hydrogen (secondary N) is 1. The molecule has 0 radical (unpaired) electrons. The van der Waals surface area contributed by atoms with Crippen molar-refractivity contribution in [1.29, 1.82) is 0 Å². The topological polar surface area (TPSA) is 21.3 Å². The molecule has 0 aliphatic carbocycles. The second-order valence-electron chi connectivity index (χ2n) is 5.09. The van der Waals surface area contributed by atoms with Gasteiger partial charge in [0.25, 0.3) is 0 Å². The first-order valence-electron chi connectivity index (χ1n) is 7.37. The van der Waals surface area contributed by atoms with Gasteiger partial charge in [-0.05, 0) is 77.9 Å². The van der Waals surface area contributed by atoms with E-state index < -0.39 is 0 Å². The van der Waals surface area contributed by atoms with Gasteiger partial charge in [0.2, 0.25) is 0 Å². The van der Waals surface area contributed by atoms with Crippen molar-refractivity contribution in [3.8, 4) is 5.75 Å². The first-order valence-corrected chi connectivity index (χ1v) is 8.45. The van der Waals surface area contributed by atoms with E-state index in [-0.39, 0.29) is 0 Å². The Balaban J connectivity index is 2.11. The molecule has 1 atom stereocenters. The fourth-order valence-electron chi connectivity index (χ4n) is 2.28. The number of halogens is 1. The summed E-state index contributed by atoms with van der Waals surface area (Å²) in [4.78, 5) is 0. The Morgan fingerprint density at radius 2 is 1.90 bits per heavy atom. The van der Waals surface area contributed by atoms with Gasteiger partial charge in [0.05, 0.1) is 6.61 Å². The summed E-state index contributed by atoms with van der Waals surface area (Å²) < 4.78 is 7.00. The van der Waals surface area contributed by atoms with E-state index >= 15 is 0 Å². The van der Waals surface area contributed by atoms with Crippen LogP contribution in [0, 0.1) is 3.57 Å². The van der Waals surface area contributed by atoms with Gasteiger partial charge in [-0.25, -0.2) is 0 Å². The Morgan fingerprint density at radius 1 is 1.14 bits per heavy atom. The van der Waals surface area contributed by atoms with Gasteiger partial charge in [0.15, 0.2) is 0 Å². The maximum absolute atomic E-state index is 5.73. The monoisotopic (exact) mass is 395 g/mol. The second kappa shape index (κ2) is 8.39. The van der Waals surface area contributed by atoms with Crippen LogP contribution in [0.15, 0.2) is 48.5 Å². The molecular weight excluding hydrogens is 373 g/mol. The molecule has 0 aliphatic rings. The highest BCUT2D eigenvalue weighted by molar-refractivity contribution is 14.1. The number of likely N-dealkylation sites (N-methyl/N-ethyl adjacent to an activating group) is 1. The van der Waals surface area contributed by atoms with Gasteiger partial charge in [0.1, 0.15) is 5.75 Å². The number of ether oxygens (including phenoxy) is 1. The van der Waals surface area contributed by atoms with Gasteiger partial charge in [-0.2, -0.15) is 0 Å². The lowest BCUT2D eigenvalue weighted by molar-refractivity contribution is 0.317. The third-order valence-electron chi connectivity index (χ3n) is 3.43. The zero-order valence-electron chi connectivity index (χ0n) is 12.6. The normalized spacial score (nSPS) is 12.1. The molecule has 2 aromatic carbocycles. The van der Waals surface area contributed by atoms with Gasteiger partial charge in [-0.3, -0.25) is 0 Å². The average Bonchev–Trinajstić information content (AvgIpc) is 2.52. The summed E-state index contributed by atoms with van der Waals surface area (Å²) in [7, 11) is 2.01. The molecule has 0 aliphatic heterocycles. The zero-order valence-corrected chi connectivity index (χ0v) is 14.8. The van der Waals surface area contributed by atoms with Crippen LogP contribution in [0.5, 0.6) is 5.75 Å². The molecule has 0 bridgehead atoms. The van der Waals surface area contributed by atoms with Crippen LogP contribution < -0.4 is 10.1 Å². The molecule has 0 heterocycles. The lowest BCUT2D eigenvalue weighted by Crippen LogP contribution is -2.18. The highest BCUT2D eigenvalue weighted by atomic mass is 127. The smallest absolute Gasteiger partial charge is 0.119 e. The molecule has 3 heteroatoms. The van der Waals surface area contributed by atoms with E-state index in [1.165, 1.54) is 14.7 Å². The van der Waals surface area contributed by atoms with Gasteiger partial charge in [0, 0.05) is 9.61 Å². The minimum atomic E-state index is 0.301. The van der Waals surface area contributed by atoms with Crippen molar-refractivity contribution in [3.05, 3.63) is 63.2 Å². The van der Waals surface area contributed by atoms with Crippen molar-refractivity contribution < 1.29 is 4.74 Å². The number of rotatable bonds is 7. The van der Waals surface area contributed by atoms with Crippen LogP contribution in [-0.4, -0.2) is 13.7 Å². The van der Waals surface area contributed by atoms with Crippen LogP contribution in [0.2, 0.25) is 0 Å². The van der Waals surface area contributed by atoms with Crippen molar-refractivity contribution in [2.24, 2.45) is 0 Å². The number of hydrogen-bond acceptors (Lipinski definition) is 2. The fourth-order valence-corrected chi connectivity index (χ4v) is 2.64. The summed E-state index contributed by atoms with van der Waals surface area (Å²) >= 11 is 2.34. The molecule has 1 unspecified atom stereocenters. The predicted molar refractivity (Wildman–Crippen MR) is 96.9 cm³/mol. The van der Waals surface area contributed by atoms with Crippen molar-refractivity contribution in [2.75, 3.05) is 13.7 Å². The maximum atomic E-state index is 5.73. The van der Waals surface area contributed by atoms with E-state index in [4.69, 9.17) is 4.74 Å².